The Balaban J connectivity index is 2.58. The van der Waals surface area contributed by atoms with Crippen LogP contribution in [0.15, 0.2) is 30.9 Å². The van der Waals surface area contributed by atoms with Gasteiger partial charge in [0.1, 0.15) is 18.9 Å². The molecule has 0 aliphatic carbocycles. The minimum atomic E-state index is 0.970. The Morgan fingerprint density at radius 2 is 2.40 bits per heavy atom. The molecule has 0 radical (unpaired) electrons. The maximum Gasteiger partial charge on any atom is 0.243 e. The molecule has 0 aliphatic rings. The lowest BCUT2D eigenvalue weighted by Gasteiger charge is -1.84. The Morgan fingerprint density at radius 3 is 2.90 bits per heavy atom. The highest BCUT2D eigenvalue weighted by Gasteiger charge is 1.94. The van der Waals surface area contributed by atoms with Gasteiger partial charge >= 0.3 is 0 Å². The van der Waals surface area contributed by atoms with Crippen LogP contribution in [0.25, 0.3) is 0 Å². The molecule has 0 saturated carbocycles. The van der Waals surface area contributed by atoms with Crippen LogP contribution >= 0.6 is 0 Å². The van der Waals surface area contributed by atoms with E-state index < -0.39 is 0 Å². The van der Waals surface area contributed by atoms with Gasteiger partial charge in [0.2, 0.25) is 6.33 Å². The molecule has 1 aromatic rings. The normalized spacial score (nSPS) is 11.0. The molecule has 54 valence electrons. The third-order valence-electron chi connectivity index (χ3n) is 1.38. The topological polar surface area (TPSA) is 8.81 Å². The van der Waals surface area contributed by atoms with E-state index in [1.165, 1.54) is 0 Å². The van der Waals surface area contributed by atoms with Crippen molar-refractivity contribution in [3.8, 4) is 0 Å². The molecule has 1 rings (SSSR count). The van der Waals surface area contributed by atoms with E-state index in [0.717, 1.165) is 6.54 Å². The maximum atomic E-state index is 2.12. The molecular formula is C8H13N2+. The van der Waals surface area contributed by atoms with E-state index in [1.807, 2.05) is 24.7 Å². The molecule has 2 nitrogen and oxygen atoms in total. The summed E-state index contributed by atoms with van der Waals surface area (Å²) in [5.41, 5.74) is 0. The molecular weight excluding hydrogens is 124 g/mol. The molecule has 0 N–H and O–H groups in total. The lowest BCUT2D eigenvalue weighted by molar-refractivity contribution is -0.671. The first-order valence-electron chi connectivity index (χ1n) is 3.45. The van der Waals surface area contributed by atoms with Gasteiger partial charge in [0.15, 0.2) is 0 Å². The summed E-state index contributed by atoms with van der Waals surface area (Å²) < 4.78 is 4.16. The van der Waals surface area contributed by atoms with Gasteiger partial charge in [-0.2, -0.15) is 0 Å². The Bertz CT molecular complexity index is 223. The zero-order valence-corrected chi connectivity index (χ0v) is 6.49. The fourth-order valence-corrected chi connectivity index (χ4v) is 0.837. The molecule has 0 atom stereocenters. The van der Waals surface area contributed by atoms with Gasteiger partial charge in [0.25, 0.3) is 0 Å². The molecule has 2 heteroatoms. The Hall–Kier alpha value is -1.05. The molecule has 0 aliphatic heterocycles. The van der Waals surface area contributed by atoms with Crippen molar-refractivity contribution in [3.63, 3.8) is 0 Å². The van der Waals surface area contributed by atoms with Crippen LogP contribution < -0.4 is 4.57 Å². The van der Waals surface area contributed by atoms with Gasteiger partial charge < -0.3 is 0 Å². The number of nitrogens with zero attached hydrogens (tertiary/aromatic N) is 2. The van der Waals surface area contributed by atoms with Crippen LogP contribution in [-0.2, 0) is 13.6 Å². The van der Waals surface area contributed by atoms with E-state index in [0.29, 0.717) is 0 Å². The standard InChI is InChI=1S/C8H13N2/c1-3-4-5-10-7-6-9(2)8-10/h3-4,6-8H,5H2,1-2H3/q+1. The average molecular weight is 137 g/mol. The minimum Gasteiger partial charge on any atom is -0.240 e. The number of rotatable bonds is 2. The molecule has 0 unspecified atom stereocenters. The first-order chi connectivity index (χ1) is 4.83. The van der Waals surface area contributed by atoms with Crippen LogP contribution in [0.3, 0.4) is 0 Å². The number of imidazole rings is 1. The number of aryl methyl sites for hydroxylation is 1. The minimum absolute atomic E-state index is 0.970. The van der Waals surface area contributed by atoms with Gasteiger partial charge in [0.05, 0.1) is 7.05 Å². The SMILES string of the molecule is CC=CCn1cc[n+](C)c1. The van der Waals surface area contributed by atoms with Gasteiger partial charge in [-0.3, -0.25) is 0 Å². The maximum absolute atomic E-state index is 2.12. The van der Waals surface area contributed by atoms with Crippen molar-refractivity contribution >= 4 is 0 Å². The van der Waals surface area contributed by atoms with Crippen molar-refractivity contribution in [1.29, 1.82) is 0 Å². The van der Waals surface area contributed by atoms with Crippen LogP contribution in [0.5, 0.6) is 0 Å². The van der Waals surface area contributed by atoms with Crippen LogP contribution in [-0.4, -0.2) is 4.57 Å². The van der Waals surface area contributed by atoms with Crippen molar-refractivity contribution in [3.05, 3.63) is 30.9 Å². The van der Waals surface area contributed by atoms with E-state index in [1.54, 1.807) is 0 Å². The van der Waals surface area contributed by atoms with Crippen molar-refractivity contribution in [2.45, 2.75) is 13.5 Å². The number of aromatic nitrogens is 2. The largest absolute Gasteiger partial charge is 0.243 e. The second-order valence-electron chi connectivity index (χ2n) is 2.34. The second-order valence-corrected chi connectivity index (χ2v) is 2.34. The predicted molar refractivity (Wildman–Crippen MR) is 40.4 cm³/mol. The Kier molecular flexibility index (Phi) is 2.26. The summed E-state index contributed by atoms with van der Waals surface area (Å²) in [5.74, 6) is 0. The Labute approximate surface area is 61.4 Å². The highest BCUT2D eigenvalue weighted by Crippen LogP contribution is 1.83. The van der Waals surface area contributed by atoms with Crippen molar-refractivity contribution < 1.29 is 4.57 Å². The van der Waals surface area contributed by atoms with Crippen LogP contribution in [0.4, 0.5) is 0 Å². The third kappa shape index (κ3) is 1.72. The number of hydrogen-bond acceptors (Lipinski definition) is 0. The molecule has 0 saturated heterocycles. The Morgan fingerprint density at radius 1 is 1.60 bits per heavy atom. The monoisotopic (exact) mass is 137 g/mol. The lowest BCUT2D eigenvalue weighted by atomic mass is 10.5. The highest BCUT2D eigenvalue weighted by molar-refractivity contribution is 4.79. The fraction of sp³-hybridized carbons (Fsp3) is 0.375. The summed E-state index contributed by atoms with van der Waals surface area (Å²) in [6.45, 7) is 3.00. The van der Waals surface area contributed by atoms with E-state index in [-0.39, 0.29) is 0 Å². The zero-order valence-electron chi connectivity index (χ0n) is 6.49. The third-order valence-corrected chi connectivity index (χ3v) is 1.38. The first-order valence-corrected chi connectivity index (χ1v) is 3.45. The fourth-order valence-electron chi connectivity index (χ4n) is 0.837. The summed E-state index contributed by atoms with van der Waals surface area (Å²) >= 11 is 0. The predicted octanol–water partition coefficient (Wildman–Crippen LogP) is 0.889. The summed E-state index contributed by atoms with van der Waals surface area (Å²) in [6, 6.07) is 0. The molecule has 0 fully saturated rings. The number of allylic oxidation sites excluding steroid dienone is 2. The van der Waals surface area contributed by atoms with Gasteiger partial charge in [-0.15, -0.1) is 0 Å². The molecule has 0 bridgehead atoms. The lowest BCUT2D eigenvalue weighted by Crippen LogP contribution is -2.23. The molecule has 0 aromatic carbocycles. The summed E-state index contributed by atoms with van der Waals surface area (Å²) in [5, 5.41) is 0. The van der Waals surface area contributed by atoms with Crippen LogP contribution in [0, 0.1) is 0 Å². The van der Waals surface area contributed by atoms with Gasteiger partial charge in [-0.1, -0.05) is 6.08 Å². The molecule has 1 aromatic heterocycles. The first kappa shape index (κ1) is 7.06. The average Bonchev–Trinajstić information content (AvgIpc) is 2.31. The van der Waals surface area contributed by atoms with Crippen molar-refractivity contribution in [2.24, 2.45) is 7.05 Å². The highest BCUT2D eigenvalue weighted by atomic mass is 15.1. The van der Waals surface area contributed by atoms with E-state index in [4.69, 9.17) is 0 Å². The van der Waals surface area contributed by atoms with E-state index in [9.17, 15) is 0 Å². The van der Waals surface area contributed by atoms with Crippen molar-refractivity contribution in [2.75, 3.05) is 0 Å². The quantitative estimate of drug-likeness (QED) is 0.423. The van der Waals surface area contributed by atoms with E-state index in [2.05, 4.69) is 29.2 Å². The summed E-state index contributed by atoms with van der Waals surface area (Å²) in [4.78, 5) is 0. The number of hydrogen-bond donors (Lipinski definition) is 0. The summed E-state index contributed by atoms with van der Waals surface area (Å²) in [7, 11) is 2.02. The van der Waals surface area contributed by atoms with Gasteiger partial charge in [-0.05, 0) is 13.0 Å². The summed E-state index contributed by atoms with van der Waals surface area (Å²) in [6.07, 6.45) is 10.3. The molecule has 0 amide bonds. The molecule has 1 heterocycles. The van der Waals surface area contributed by atoms with Crippen molar-refractivity contribution in [1.82, 2.24) is 4.57 Å². The van der Waals surface area contributed by atoms with E-state index >= 15 is 0 Å². The molecule has 0 spiro atoms. The van der Waals surface area contributed by atoms with Gasteiger partial charge in [0, 0.05) is 0 Å². The van der Waals surface area contributed by atoms with Crippen LogP contribution in [0.2, 0.25) is 0 Å². The molecule has 10 heavy (non-hydrogen) atoms. The zero-order chi connectivity index (χ0) is 7.40. The second kappa shape index (κ2) is 3.20. The van der Waals surface area contributed by atoms with Gasteiger partial charge in [-0.25, -0.2) is 9.13 Å². The smallest absolute Gasteiger partial charge is 0.240 e. The van der Waals surface area contributed by atoms with Crippen LogP contribution in [0.1, 0.15) is 6.92 Å².